The number of hydrogen-bond acceptors (Lipinski definition) is 4. The van der Waals surface area contributed by atoms with Crippen LogP contribution in [0.5, 0.6) is 11.6 Å². The van der Waals surface area contributed by atoms with Crippen LogP contribution in [-0.4, -0.2) is 28.1 Å². The van der Waals surface area contributed by atoms with E-state index in [4.69, 9.17) is 4.74 Å². The average molecular weight is 509 g/mol. The van der Waals surface area contributed by atoms with Gasteiger partial charge in [0, 0.05) is 34.1 Å². The van der Waals surface area contributed by atoms with Crippen LogP contribution in [0.2, 0.25) is 0 Å². The number of fused-ring (bicyclic) bond motifs is 2. The van der Waals surface area contributed by atoms with Gasteiger partial charge in [-0.3, -0.25) is 4.79 Å². The molecule has 0 aliphatic heterocycles. The number of carbonyl (C=O) groups excluding carboxylic acids is 1. The van der Waals surface area contributed by atoms with Gasteiger partial charge in [-0.2, -0.15) is 13.2 Å². The molecule has 37 heavy (non-hydrogen) atoms. The van der Waals surface area contributed by atoms with Crippen LogP contribution >= 0.6 is 0 Å². The normalized spacial score (nSPS) is 11.7. The van der Waals surface area contributed by atoms with Crippen LogP contribution in [0.1, 0.15) is 21.5 Å². The summed E-state index contributed by atoms with van der Waals surface area (Å²) in [7, 11) is 1.27. The van der Waals surface area contributed by atoms with Crippen molar-refractivity contribution in [3.05, 3.63) is 89.2 Å². The first-order valence-corrected chi connectivity index (χ1v) is 11.1. The van der Waals surface area contributed by atoms with Crippen molar-refractivity contribution in [2.45, 2.75) is 12.7 Å². The van der Waals surface area contributed by atoms with Crippen LogP contribution < -0.4 is 10.1 Å². The maximum Gasteiger partial charge on any atom is 0.416 e. The summed E-state index contributed by atoms with van der Waals surface area (Å²) in [5.41, 5.74) is 1.05. The van der Waals surface area contributed by atoms with Crippen molar-refractivity contribution in [2.75, 3.05) is 7.11 Å². The third kappa shape index (κ3) is 4.53. The van der Waals surface area contributed by atoms with E-state index in [1.807, 2.05) is 24.3 Å². The number of nitrogens with one attached hydrogen (secondary N) is 2. The Morgan fingerprint density at radius 3 is 2.57 bits per heavy atom. The number of pyridine rings is 1. The number of benzene rings is 3. The first kappa shape index (κ1) is 24.1. The second kappa shape index (κ2) is 9.12. The van der Waals surface area contributed by atoms with Gasteiger partial charge in [0.15, 0.2) is 11.6 Å². The number of aromatic nitrogens is 2. The number of ether oxygens (including phenoxy) is 1. The number of rotatable bonds is 5. The lowest BCUT2D eigenvalue weighted by Gasteiger charge is -2.17. The van der Waals surface area contributed by atoms with Gasteiger partial charge in [0.25, 0.3) is 5.91 Å². The first-order valence-electron chi connectivity index (χ1n) is 11.1. The van der Waals surface area contributed by atoms with Crippen molar-refractivity contribution in [1.82, 2.24) is 15.3 Å². The molecule has 3 aromatic carbocycles. The molecule has 0 aliphatic rings. The Morgan fingerprint density at radius 1 is 1.08 bits per heavy atom. The zero-order valence-electron chi connectivity index (χ0n) is 19.3. The Balaban J connectivity index is 1.68. The SMILES string of the molecule is COc1nc2cc(C(F)(F)F)ccc2c(-c2cc3ccccc3[nH]2)c1C(=O)NCc1ccc(O)c(F)c1. The van der Waals surface area contributed by atoms with E-state index in [1.165, 1.54) is 25.3 Å². The lowest BCUT2D eigenvalue weighted by atomic mass is 9.98. The summed E-state index contributed by atoms with van der Waals surface area (Å²) in [5.74, 6) is -2.16. The monoisotopic (exact) mass is 509 g/mol. The zero-order chi connectivity index (χ0) is 26.3. The van der Waals surface area contributed by atoms with Crippen LogP contribution in [0.25, 0.3) is 33.1 Å². The molecule has 0 spiro atoms. The van der Waals surface area contributed by atoms with Gasteiger partial charge in [0.1, 0.15) is 5.56 Å². The number of alkyl halides is 3. The van der Waals surface area contributed by atoms with E-state index in [-0.39, 0.29) is 23.5 Å². The molecule has 10 heteroatoms. The molecule has 5 rings (SSSR count). The van der Waals surface area contributed by atoms with E-state index in [9.17, 15) is 27.5 Å². The molecule has 0 atom stereocenters. The molecule has 0 saturated heterocycles. The standard InChI is InChI=1S/C27H19F4N3O3/c1-37-26-24(25(36)32-13-14-6-9-22(35)18(28)10-14)23(21-11-15-4-2-3-5-19(15)33-21)17-8-7-16(27(29,30)31)12-20(17)34-26/h2-12,33,35H,13H2,1H3,(H,32,36). The van der Waals surface area contributed by atoms with Gasteiger partial charge in [-0.1, -0.05) is 30.3 Å². The Kier molecular flexibility index (Phi) is 5.94. The molecule has 2 aromatic heterocycles. The number of H-pyrrole nitrogens is 1. The molecule has 0 aliphatic carbocycles. The number of amides is 1. The molecule has 0 saturated carbocycles. The predicted octanol–water partition coefficient (Wildman–Crippen LogP) is 6.19. The minimum absolute atomic E-state index is 0.000523. The minimum atomic E-state index is -4.58. The second-order valence-electron chi connectivity index (χ2n) is 8.34. The van der Waals surface area contributed by atoms with E-state index in [0.717, 1.165) is 29.1 Å². The number of aromatic hydroxyl groups is 1. The minimum Gasteiger partial charge on any atom is -0.505 e. The number of methoxy groups -OCH3 is 1. The molecular weight excluding hydrogens is 490 g/mol. The summed E-state index contributed by atoms with van der Waals surface area (Å²) >= 11 is 0. The van der Waals surface area contributed by atoms with Gasteiger partial charge < -0.3 is 20.1 Å². The molecule has 188 valence electrons. The number of phenols is 1. The average Bonchev–Trinajstić information content (AvgIpc) is 3.31. The largest absolute Gasteiger partial charge is 0.505 e. The summed E-state index contributed by atoms with van der Waals surface area (Å²) < 4.78 is 59.3. The van der Waals surface area contributed by atoms with Crippen molar-refractivity contribution in [3.63, 3.8) is 0 Å². The lowest BCUT2D eigenvalue weighted by molar-refractivity contribution is -0.137. The summed E-state index contributed by atoms with van der Waals surface area (Å²) in [5, 5.41) is 13.2. The highest BCUT2D eigenvalue weighted by Crippen LogP contribution is 2.39. The highest BCUT2D eigenvalue weighted by Gasteiger charge is 2.32. The number of hydrogen-bond donors (Lipinski definition) is 3. The summed E-state index contributed by atoms with van der Waals surface area (Å²) in [6, 6.07) is 16.0. The first-order chi connectivity index (χ1) is 17.7. The predicted molar refractivity (Wildman–Crippen MR) is 130 cm³/mol. The van der Waals surface area contributed by atoms with Crippen molar-refractivity contribution in [1.29, 1.82) is 0 Å². The molecule has 1 amide bonds. The number of para-hydroxylation sites is 1. The van der Waals surface area contributed by atoms with Gasteiger partial charge in [-0.25, -0.2) is 9.37 Å². The topological polar surface area (TPSA) is 87.2 Å². The number of nitrogens with zero attached hydrogens (tertiary/aromatic N) is 1. The number of phenolic OH excluding ortho intramolecular Hbond substituents is 1. The Morgan fingerprint density at radius 2 is 1.86 bits per heavy atom. The molecule has 6 nitrogen and oxygen atoms in total. The van der Waals surface area contributed by atoms with Gasteiger partial charge in [-0.05, 0) is 42.0 Å². The fourth-order valence-electron chi connectivity index (χ4n) is 4.20. The quantitative estimate of drug-likeness (QED) is 0.247. The summed E-state index contributed by atoms with van der Waals surface area (Å²) in [6.45, 7) is -0.0869. The van der Waals surface area contributed by atoms with E-state index in [1.54, 1.807) is 6.07 Å². The maximum absolute atomic E-state index is 13.7. The zero-order valence-corrected chi connectivity index (χ0v) is 19.3. The van der Waals surface area contributed by atoms with E-state index >= 15 is 0 Å². The Bertz CT molecular complexity index is 1630. The molecule has 0 radical (unpaired) electrons. The Hall–Kier alpha value is -4.60. The van der Waals surface area contributed by atoms with Crippen LogP contribution in [-0.2, 0) is 12.7 Å². The van der Waals surface area contributed by atoms with E-state index in [0.29, 0.717) is 22.2 Å². The molecule has 0 unspecified atom stereocenters. The van der Waals surface area contributed by atoms with E-state index < -0.39 is 29.2 Å². The van der Waals surface area contributed by atoms with E-state index in [2.05, 4.69) is 15.3 Å². The van der Waals surface area contributed by atoms with Gasteiger partial charge >= 0.3 is 6.18 Å². The molecule has 0 fully saturated rings. The summed E-state index contributed by atoms with van der Waals surface area (Å²) in [6.07, 6.45) is -4.58. The molecule has 5 aromatic rings. The summed E-state index contributed by atoms with van der Waals surface area (Å²) in [4.78, 5) is 20.9. The molecular formula is C27H19F4N3O3. The highest BCUT2D eigenvalue weighted by molar-refractivity contribution is 6.11. The Labute approximate surface area is 207 Å². The molecule has 2 heterocycles. The van der Waals surface area contributed by atoms with Gasteiger partial charge in [0.05, 0.1) is 18.2 Å². The maximum atomic E-state index is 13.7. The third-order valence-electron chi connectivity index (χ3n) is 5.97. The van der Waals surface area contributed by atoms with Crippen molar-refractivity contribution < 1.29 is 32.2 Å². The van der Waals surface area contributed by atoms with Crippen molar-refractivity contribution >= 4 is 27.7 Å². The second-order valence-corrected chi connectivity index (χ2v) is 8.34. The van der Waals surface area contributed by atoms with Crippen molar-refractivity contribution in [3.8, 4) is 22.9 Å². The lowest BCUT2D eigenvalue weighted by Crippen LogP contribution is -2.24. The van der Waals surface area contributed by atoms with Crippen LogP contribution in [0.15, 0.2) is 66.7 Å². The van der Waals surface area contributed by atoms with Gasteiger partial charge in [-0.15, -0.1) is 0 Å². The van der Waals surface area contributed by atoms with Crippen LogP contribution in [0, 0.1) is 5.82 Å². The smallest absolute Gasteiger partial charge is 0.416 e. The van der Waals surface area contributed by atoms with Crippen molar-refractivity contribution in [2.24, 2.45) is 0 Å². The third-order valence-corrected chi connectivity index (χ3v) is 5.97. The molecule has 3 N–H and O–H groups in total. The highest BCUT2D eigenvalue weighted by atomic mass is 19.4. The van der Waals surface area contributed by atoms with Crippen LogP contribution in [0.3, 0.4) is 0 Å². The number of aromatic amines is 1. The fraction of sp³-hybridized carbons (Fsp3) is 0.111. The number of carbonyl (C=O) groups is 1. The number of halogens is 4. The fourth-order valence-corrected chi connectivity index (χ4v) is 4.20. The van der Waals surface area contributed by atoms with Gasteiger partial charge in [0.2, 0.25) is 5.88 Å². The molecule has 0 bridgehead atoms. The van der Waals surface area contributed by atoms with Crippen LogP contribution in [0.4, 0.5) is 17.6 Å².